The largest absolute Gasteiger partial charge is 0.305 e. The van der Waals surface area contributed by atoms with Gasteiger partial charge in [-0.2, -0.15) is 0 Å². The molecule has 22 heavy (non-hydrogen) atoms. The van der Waals surface area contributed by atoms with Crippen LogP contribution in [0.3, 0.4) is 0 Å². The van der Waals surface area contributed by atoms with E-state index >= 15 is 0 Å². The Kier molecular flexibility index (Phi) is 5.42. The second-order valence-electron chi connectivity index (χ2n) is 7.04. The lowest BCUT2D eigenvalue weighted by Crippen LogP contribution is -2.50. The molecule has 4 heteroatoms. The summed E-state index contributed by atoms with van der Waals surface area (Å²) in [5.41, 5.74) is 2.14. The highest BCUT2D eigenvalue weighted by Gasteiger charge is 2.27. The molecule has 2 atom stereocenters. The van der Waals surface area contributed by atoms with Gasteiger partial charge in [-0.15, -0.1) is 0 Å². The number of piperidine rings is 1. The van der Waals surface area contributed by atoms with Crippen LogP contribution in [0.25, 0.3) is 0 Å². The summed E-state index contributed by atoms with van der Waals surface area (Å²) in [5.74, 6) is 0. The summed E-state index contributed by atoms with van der Waals surface area (Å²) >= 11 is 0. The Balaban J connectivity index is 1.57. The molecule has 2 heterocycles. The van der Waals surface area contributed by atoms with Crippen LogP contribution in [0.2, 0.25) is 0 Å². The van der Waals surface area contributed by atoms with Crippen LogP contribution in [0.4, 0.5) is 0 Å². The van der Waals surface area contributed by atoms with Crippen LogP contribution < -0.4 is 5.32 Å². The highest BCUT2D eigenvalue weighted by Crippen LogP contribution is 2.26. The quantitative estimate of drug-likeness (QED) is 0.927. The fourth-order valence-electron chi connectivity index (χ4n) is 4.20. The van der Waals surface area contributed by atoms with Crippen molar-refractivity contribution < 1.29 is 0 Å². The lowest BCUT2D eigenvalue weighted by molar-refractivity contribution is 0.107. The lowest BCUT2D eigenvalue weighted by atomic mass is 9.92. The first-order valence-electron chi connectivity index (χ1n) is 9.01. The highest BCUT2D eigenvalue weighted by atomic mass is 15.2. The SMILES string of the molecule is Cc1nccnc1[C@H](C)N[C@H]1CCCN(C2CCCCC2)C1. The zero-order valence-electron chi connectivity index (χ0n) is 14.1. The Morgan fingerprint density at radius 2 is 1.86 bits per heavy atom. The summed E-state index contributed by atoms with van der Waals surface area (Å²) in [6, 6.07) is 1.71. The summed E-state index contributed by atoms with van der Waals surface area (Å²) in [6.07, 6.45) is 13.3. The van der Waals surface area contributed by atoms with Gasteiger partial charge in [-0.1, -0.05) is 19.3 Å². The van der Waals surface area contributed by atoms with Crippen LogP contribution in [-0.2, 0) is 0 Å². The fraction of sp³-hybridized carbons (Fsp3) is 0.778. The predicted octanol–water partition coefficient (Wildman–Crippen LogP) is 3.23. The third-order valence-corrected chi connectivity index (χ3v) is 5.36. The predicted molar refractivity (Wildman–Crippen MR) is 89.8 cm³/mol. The van der Waals surface area contributed by atoms with Gasteiger partial charge >= 0.3 is 0 Å². The molecular weight excluding hydrogens is 272 g/mol. The van der Waals surface area contributed by atoms with Crippen molar-refractivity contribution in [1.29, 1.82) is 0 Å². The van der Waals surface area contributed by atoms with Gasteiger partial charge in [-0.3, -0.25) is 14.9 Å². The number of nitrogens with zero attached hydrogens (tertiary/aromatic N) is 3. The molecule has 1 aromatic heterocycles. The van der Waals surface area contributed by atoms with Crippen molar-refractivity contribution >= 4 is 0 Å². The molecule has 1 N–H and O–H groups in total. The van der Waals surface area contributed by atoms with Crippen molar-refractivity contribution in [3.05, 3.63) is 23.8 Å². The molecule has 4 nitrogen and oxygen atoms in total. The number of likely N-dealkylation sites (tertiary alicyclic amines) is 1. The van der Waals surface area contributed by atoms with Gasteiger partial charge in [0.15, 0.2) is 0 Å². The molecule has 1 saturated carbocycles. The first-order valence-corrected chi connectivity index (χ1v) is 9.01. The first kappa shape index (κ1) is 15.9. The van der Waals surface area contributed by atoms with E-state index in [1.807, 2.05) is 0 Å². The van der Waals surface area contributed by atoms with Crippen molar-refractivity contribution in [3.63, 3.8) is 0 Å². The van der Waals surface area contributed by atoms with Gasteiger partial charge in [0.05, 0.1) is 11.4 Å². The third kappa shape index (κ3) is 3.85. The Morgan fingerprint density at radius 1 is 1.09 bits per heavy atom. The molecule has 0 spiro atoms. The van der Waals surface area contributed by atoms with Crippen LogP contribution in [0.15, 0.2) is 12.4 Å². The average molecular weight is 302 g/mol. The topological polar surface area (TPSA) is 41.1 Å². The normalized spacial score (nSPS) is 26.0. The molecule has 0 bridgehead atoms. The number of nitrogens with one attached hydrogen (secondary N) is 1. The molecule has 0 amide bonds. The minimum absolute atomic E-state index is 0.282. The van der Waals surface area contributed by atoms with E-state index in [0.29, 0.717) is 6.04 Å². The third-order valence-electron chi connectivity index (χ3n) is 5.36. The molecule has 1 aliphatic carbocycles. The van der Waals surface area contributed by atoms with Crippen LogP contribution in [0.5, 0.6) is 0 Å². The molecule has 1 saturated heterocycles. The summed E-state index contributed by atoms with van der Waals surface area (Å²) < 4.78 is 0. The summed E-state index contributed by atoms with van der Waals surface area (Å²) in [5, 5.41) is 3.80. The molecule has 1 aliphatic heterocycles. The van der Waals surface area contributed by atoms with Crippen molar-refractivity contribution in [1.82, 2.24) is 20.2 Å². The van der Waals surface area contributed by atoms with E-state index in [1.165, 1.54) is 58.0 Å². The van der Waals surface area contributed by atoms with Gasteiger partial charge < -0.3 is 5.32 Å². The molecular formula is C18H30N4. The van der Waals surface area contributed by atoms with Gasteiger partial charge in [-0.05, 0) is 46.1 Å². The molecule has 0 aromatic carbocycles. The van der Waals surface area contributed by atoms with Crippen molar-refractivity contribution in [2.75, 3.05) is 13.1 Å². The highest BCUT2D eigenvalue weighted by molar-refractivity contribution is 5.12. The Labute approximate surface area is 134 Å². The smallest absolute Gasteiger partial charge is 0.0782 e. The molecule has 0 unspecified atom stereocenters. The summed E-state index contributed by atoms with van der Waals surface area (Å²) in [6.45, 7) is 6.77. The Morgan fingerprint density at radius 3 is 2.64 bits per heavy atom. The number of aryl methyl sites for hydroxylation is 1. The van der Waals surface area contributed by atoms with Gasteiger partial charge in [0.25, 0.3) is 0 Å². The van der Waals surface area contributed by atoms with E-state index in [1.54, 1.807) is 12.4 Å². The van der Waals surface area contributed by atoms with Gasteiger partial charge in [0.2, 0.25) is 0 Å². The van der Waals surface area contributed by atoms with Crippen molar-refractivity contribution in [3.8, 4) is 0 Å². The van der Waals surface area contributed by atoms with E-state index in [0.717, 1.165) is 17.4 Å². The Hall–Kier alpha value is -1.00. The van der Waals surface area contributed by atoms with Gasteiger partial charge in [-0.25, -0.2) is 0 Å². The van der Waals surface area contributed by atoms with Crippen molar-refractivity contribution in [2.24, 2.45) is 0 Å². The van der Waals surface area contributed by atoms with Crippen LogP contribution in [0, 0.1) is 6.92 Å². The van der Waals surface area contributed by atoms with Crippen LogP contribution >= 0.6 is 0 Å². The Bertz CT molecular complexity index is 470. The summed E-state index contributed by atoms with van der Waals surface area (Å²) in [4.78, 5) is 11.6. The number of hydrogen-bond acceptors (Lipinski definition) is 4. The second kappa shape index (κ2) is 7.51. The zero-order chi connectivity index (χ0) is 15.4. The molecule has 2 fully saturated rings. The van der Waals surface area contributed by atoms with E-state index in [-0.39, 0.29) is 6.04 Å². The van der Waals surface area contributed by atoms with E-state index in [4.69, 9.17) is 0 Å². The maximum atomic E-state index is 4.51. The summed E-state index contributed by atoms with van der Waals surface area (Å²) in [7, 11) is 0. The van der Waals surface area contributed by atoms with E-state index in [2.05, 4.69) is 34.0 Å². The molecule has 0 radical (unpaired) electrons. The lowest BCUT2D eigenvalue weighted by Gasteiger charge is -2.41. The zero-order valence-corrected chi connectivity index (χ0v) is 14.1. The number of hydrogen-bond donors (Lipinski definition) is 1. The second-order valence-corrected chi connectivity index (χ2v) is 7.04. The van der Waals surface area contributed by atoms with Crippen LogP contribution in [-0.4, -0.2) is 40.0 Å². The maximum Gasteiger partial charge on any atom is 0.0782 e. The van der Waals surface area contributed by atoms with Gasteiger partial charge in [0, 0.05) is 37.1 Å². The number of rotatable bonds is 4. The molecule has 3 rings (SSSR count). The average Bonchev–Trinajstić information content (AvgIpc) is 2.56. The van der Waals surface area contributed by atoms with E-state index < -0.39 is 0 Å². The van der Waals surface area contributed by atoms with Crippen LogP contribution in [0.1, 0.15) is 69.3 Å². The van der Waals surface area contributed by atoms with Gasteiger partial charge in [0.1, 0.15) is 0 Å². The minimum Gasteiger partial charge on any atom is -0.305 e. The standard InChI is InChI=1S/C18H30N4/c1-14-18(20-11-10-19-14)15(2)21-16-7-6-12-22(13-16)17-8-4-3-5-9-17/h10-11,15-17,21H,3-9,12-13H2,1-2H3/t15-,16-/m0/s1. The molecule has 1 aromatic rings. The van der Waals surface area contributed by atoms with Crippen molar-refractivity contribution in [2.45, 2.75) is 76.9 Å². The first-order chi connectivity index (χ1) is 10.7. The molecule has 2 aliphatic rings. The molecule has 122 valence electrons. The fourth-order valence-corrected chi connectivity index (χ4v) is 4.20. The number of aromatic nitrogens is 2. The maximum absolute atomic E-state index is 4.51. The monoisotopic (exact) mass is 302 g/mol. The van der Waals surface area contributed by atoms with E-state index in [9.17, 15) is 0 Å². The minimum atomic E-state index is 0.282.